The molecule has 8 aromatic heterocycles. The number of Topliss-reactive ketones (excluding diaryl/α,β-unsaturated/α-hetero) is 2. The van der Waals surface area contributed by atoms with Crippen LogP contribution in [-0.4, -0.2) is 29.1 Å². The summed E-state index contributed by atoms with van der Waals surface area (Å²) in [6.07, 6.45) is 3.51. The number of benzene rings is 4. The summed E-state index contributed by atoms with van der Waals surface area (Å²) in [7, 11) is 0. The van der Waals surface area contributed by atoms with Gasteiger partial charge >= 0.3 is 0 Å². The number of nitriles is 4. The Balaban J connectivity index is 0.736. The minimum atomic E-state index is -0.246. The van der Waals surface area contributed by atoms with Crippen molar-refractivity contribution in [2.75, 3.05) is 0 Å². The fourth-order valence-corrected chi connectivity index (χ4v) is 23.5. The van der Waals surface area contributed by atoms with E-state index in [4.69, 9.17) is 17.5 Å². The standard InChI is InChI=1S/C62H28N8O2S8/c1-61(2)43-53-39(19-37(73-53)33-15-13-25(47-49(33)69-79-67-47)17-35-41(27(21-63)22-64)29-9-5-7-11-31(29)51(35)71)75-55(43)57-45(61)59-60(77-57)46-58(78-59)56-44(62(46,3)4)54-40(76-56)20-38(74-54)34-16-14-26(48-50(34)70-80-68-48)18-36-42(28(23-65)24-66)30-10-6-8-12-32(30)52(36)72/h5-20H,1-4H3/b35-17-,36-18-. The Morgan fingerprint density at radius 1 is 0.438 bits per heavy atom. The average Bonchev–Trinajstić information content (AvgIpc) is 2.39. The van der Waals surface area contributed by atoms with Gasteiger partial charge in [0.25, 0.3) is 0 Å². The number of rotatable bonds is 4. The molecular weight excluding hydrogens is 1150 g/mol. The van der Waals surface area contributed by atoms with Gasteiger partial charge in [-0.1, -0.05) is 100 Å². The quantitative estimate of drug-likeness (QED) is 0.121. The summed E-state index contributed by atoms with van der Waals surface area (Å²) in [5.74, 6) is -0.462. The highest BCUT2D eigenvalue weighted by Gasteiger charge is 2.48. The van der Waals surface area contributed by atoms with Gasteiger partial charge in [-0.25, -0.2) is 0 Å². The zero-order valence-corrected chi connectivity index (χ0v) is 48.4. The normalized spacial score (nSPS) is 16.2. The maximum absolute atomic E-state index is 13.8. The third-order valence-corrected chi connectivity index (χ3v) is 24.9. The van der Waals surface area contributed by atoms with Crippen LogP contribution in [0.5, 0.6) is 0 Å². The van der Waals surface area contributed by atoms with Crippen molar-refractivity contribution in [1.29, 1.82) is 21.0 Å². The van der Waals surface area contributed by atoms with Crippen LogP contribution in [0.25, 0.3) is 114 Å². The molecule has 4 aliphatic rings. The van der Waals surface area contributed by atoms with Crippen molar-refractivity contribution in [3.63, 3.8) is 0 Å². The number of aromatic nitrogens is 4. The topological polar surface area (TPSA) is 181 Å². The number of nitrogens with zero attached hydrogens (tertiary/aromatic N) is 8. The summed E-state index contributed by atoms with van der Waals surface area (Å²) in [5, 5.41) is 39.6. The summed E-state index contributed by atoms with van der Waals surface area (Å²) in [5.41, 5.74) is 14.5. The summed E-state index contributed by atoms with van der Waals surface area (Å²) < 4.78 is 26.9. The van der Waals surface area contributed by atoms with Crippen LogP contribution in [-0.2, 0) is 10.8 Å². The predicted octanol–water partition coefficient (Wildman–Crippen LogP) is 17.6. The van der Waals surface area contributed by atoms with E-state index in [1.807, 2.05) is 81.8 Å². The van der Waals surface area contributed by atoms with E-state index in [9.17, 15) is 30.6 Å². The Bertz CT molecular complexity index is 4940. The zero-order valence-electron chi connectivity index (χ0n) is 41.9. The van der Waals surface area contributed by atoms with Gasteiger partial charge in [-0.3, -0.25) is 9.59 Å². The molecule has 0 amide bonds. The maximum Gasteiger partial charge on any atom is 0.194 e. The Morgan fingerprint density at radius 2 is 0.800 bits per heavy atom. The van der Waals surface area contributed by atoms with Crippen molar-refractivity contribution < 1.29 is 9.59 Å². The Hall–Kier alpha value is -8.24. The largest absolute Gasteiger partial charge is 0.289 e. The Morgan fingerprint density at radius 3 is 1.20 bits per heavy atom. The number of ketones is 2. The van der Waals surface area contributed by atoms with Gasteiger partial charge in [-0.15, -0.1) is 68.0 Å². The second-order valence-electron chi connectivity index (χ2n) is 20.9. The first kappa shape index (κ1) is 47.7. The van der Waals surface area contributed by atoms with Crippen molar-refractivity contribution >= 4 is 177 Å². The number of thiophene rings is 6. The number of carbonyl (C=O) groups excluding carboxylic acids is 2. The minimum Gasteiger partial charge on any atom is -0.289 e. The molecule has 0 saturated heterocycles. The lowest BCUT2D eigenvalue weighted by Crippen LogP contribution is -2.15. The SMILES string of the molecule is CC1(C)c2c(sc3cc(-c4ccc(/C=C5\C(=O)c6ccccc6C5=C(C#N)C#N)c5nsnc45)sc23)-c2sc3c4c(sc3c21)-c1sc2cc(-c3ccc(/C=C5\C(=O)c6ccccc6C5=C(C#N)C#N)c5nsnc35)sc2c1C4(C)C. The summed E-state index contributed by atoms with van der Waals surface area (Å²) in [6.45, 7) is 9.55. The van der Waals surface area contributed by atoms with Crippen LogP contribution < -0.4 is 0 Å². The molecule has 0 unspecified atom stereocenters. The van der Waals surface area contributed by atoms with Crippen molar-refractivity contribution in [3.8, 4) is 64.7 Å². The van der Waals surface area contributed by atoms with E-state index < -0.39 is 0 Å². The van der Waals surface area contributed by atoms with Gasteiger partial charge in [-0.05, 0) is 57.7 Å². The molecule has 0 fully saturated rings. The molecule has 8 heterocycles. The number of fused-ring (bicyclic) bond motifs is 17. The number of carbonyl (C=O) groups is 2. The summed E-state index contributed by atoms with van der Waals surface area (Å²) in [4.78, 5) is 35.2. The molecule has 18 heteroatoms. The third kappa shape index (κ3) is 6.14. The Labute approximate surface area is 486 Å². The molecule has 4 aromatic carbocycles. The van der Waals surface area contributed by atoms with Gasteiger partial charge in [0.05, 0.1) is 61.8 Å². The van der Waals surface area contributed by atoms with Crippen molar-refractivity contribution in [3.05, 3.63) is 163 Å². The van der Waals surface area contributed by atoms with Crippen molar-refractivity contribution in [2.24, 2.45) is 0 Å². The van der Waals surface area contributed by atoms with Gasteiger partial charge in [0.15, 0.2) is 11.6 Å². The summed E-state index contributed by atoms with van der Waals surface area (Å²) >= 11 is 13.5. The molecule has 0 saturated carbocycles. The minimum absolute atomic E-state index is 0.105. The molecule has 80 heavy (non-hydrogen) atoms. The molecular formula is C62H28N8O2S8. The molecule has 0 atom stereocenters. The third-order valence-electron chi connectivity index (χ3n) is 16.0. The highest BCUT2D eigenvalue weighted by molar-refractivity contribution is 7.38. The maximum atomic E-state index is 13.8. The van der Waals surface area contributed by atoms with Crippen LogP contribution in [0.3, 0.4) is 0 Å². The van der Waals surface area contributed by atoms with E-state index in [1.54, 1.807) is 83.4 Å². The molecule has 16 rings (SSSR count). The lowest BCUT2D eigenvalue weighted by Gasteiger charge is -2.21. The fraction of sp³-hybridized carbons (Fsp3) is 0.0968. The molecule has 4 aliphatic carbocycles. The average molecular weight is 1170 g/mol. The number of hydrogen-bond acceptors (Lipinski definition) is 18. The van der Waals surface area contributed by atoms with Crippen LogP contribution in [0.15, 0.2) is 107 Å². The van der Waals surface area contributed by atoms with E-state index in [-0.39, 0.29) is 33.5 Å². The second-order valence-corrected chi connectivity index (χ2v) is 28.2. The van der Waals surface area contributed by atoms with E-state index in [0.717, 1.165) is 55.4 Å². The first-order valence-electron chi connectivity index (χ1n) is 24.9. The van der Waals surface area contributed by atoms with Crippen LogP contribution >= 0.6 is 91.5 Å². The summed E-state index contributed by atoms with van der Waals surface area (Å²) in [6, 6.07) is 34.8. The molecule has 376 valence electrons. The lowest BCUT2D eigenvalue weighted by atomic mass is 9.82. The Kier molecular flexibility index (Phi) is 9.94. The van der Waals surface area contributed by atoms with Gasteiger partial charge in [-0.2, -0.15) is 38.5 Å². The molecule has 0 aliphatic heterocycles. The zero-order chi connectivity index (χ0) is 54.4. The highest BCUT2D eigenvalue weighted by atomic mass is 32.1. The number of allylic oxidation sites excluding steroid dienone is 6. The monoisotopic (exact) mass is 1170 g/mol. The molecule has 0 N–H and O–H groups in total. The number of hydrogen-bond donors (Lipinski definition) is 0. The van der Waals surface area contributed by atoms with Gasteiger partial charge < -0.3 is 0 Å². The molecule has 0 radical (unpaired) electrons. The predicted molar refractivity (Wildman–Crippen MR) is 328 cm³/mol. The van der Waals surface area contributed by atoms with Crippen molar-refractivity contribution in [2.45, 2.75) is 38.5 Å². The second kappa shape index (κ2) is 16.7. The van der Waals surface area contributed by atoms with Gasteiger partial charge in [0, 0.05) is 85.7 Å². The first-order valence-corrected chi connectivity index (χ1v) is 31.3. The fourth-order valence-electron chi connectivity index (χ4n) is 12.5. The molecule has 10 nitrogen and oxygen atoms in total. The van der Waals surface area contributed by atoms with Gasteiger partial charge in [0.1, 0.15) is 57.5 Å². The van der Waals surface area contributed by atoms with E-state index in [2.05, 4.69) is 52.0 Å². The van der Waals surface area contributed by atoms with Crippen LogP contribution in [0.1, 0.15) is 92.9 Å². The van der Waals surface area contributed by atoms with E-state index >= 15 is 0 Å². The van der Waals surface area contributed by atoms with Crippen LogP contribution in [0.4, 0.5) is 0 Å². The first-order chi connectivity index (χ1) is 38.8. The van der Waals surface area contributed by atoms with Crippen LogP contribution in [0, 0.1) is 45.3 Å². The van der Waals surface area contributed by atoms with Gasteiger partial charge in [0.2, 0.25) is 0 Å². The lowest BCUT2D eigenvalue weighted by molar-refractivity contribution is 0.103. The van der Waals surface area contributed by atoms with Crippen LogP contribution in [0.2, 0.25) is 0 Å². The van der Waals surface area contributed by atoms with Crippen molar-refractivity contribution in [1.82, 2.24) is 17.5 Å². The highest BCUT2D eigenvalue weighted by Crippen LogP contribution is 2.68. The van der Waals surface area contributed by atoms with E-state index in [0.29, 0.717) is 66.7 Å². The molecule has 12 aromatic rings. The molecule has 0 bridgehead atoms. The molecule has 0 spiro atoms. The van der Waals surface area contributed by atoms with E-state index in [1.165, 1.54) is 70.0 Å². The smallest absolute Gasteiger partial charge is 0.194 e.